The van der Waals surface area contributed by atoms with Gasteiger partial charge in [-0.1, -0.05) is 6.92 Å². The smallest absolute Gasteiger partial charge is 0.0101 e. The summed E-state index contributed by atoms with van der Waals surface area (Å²) in [5.41, 5.74) is 0. The number of likely N-dealkylation sites (N-methyl/N-ethyl adjacent to an activating group) is 1. The van der Waals surface area contributed by atoms with E-state index in [-0.39, 0.29) is 0 Å². The van der Waals surface area contributed by atoms with Gasteiger partial charge in [-0.25, -0.2) is 0 Å². The van der Waals surface area contributed by atoms with Crippen LogP contribution in [0.2, 0.25) is 0 Å². The van der Waals surface area contributed by atoms with Crippen molar-refractivity contribution in [3.8, 4) is 0 Å². The normalized spacial score (nSPS) is 13.6. The van der Waals surface area contributed by atoms with Crippen LogP contribution in [0.3, 0.4) is 0 Å². The van der Waals surface area contributed by atoms with Gasteiger partial charge in [-0.3, -0.25) is 0 Å². The first kappa shape index (κ1) is 13.3. The molecule has 2 nitrogen and oxygen atoms in total. The summed E-state index contributed by atoms with van der Waals surface area (Å²) in [6, 6.07) is 0.666. The maximum atomic E-state index is 3.52. The molecule has 1 atom stereocenters. The van der Waals surface area contributed by atoms with E-state index < -0.39 is 0 Å². The van der Waals surface area contributed by atoms with Crippen molar-refractivity contribution < 1.29 is 0 Å². The summed E-state index contributed by atoms with van der Waals surface area (Å²) in [5.74, 6) is 2.52. The Bertz CT molecular complexity index is 107. The highest BCUT2D eigenvalue weighted by molar-refractivity contribution is 7.99. The van der Waals surface area contributed by atoms with Crippen LogP contribution in [0.25, 0.3) is 0 Å². The quantitative estimate of drug-likeness (QED) is 0.606. The SMILES string of the molecule is CCSCCC(C)NCCN(C)C. The topological polar surface area (TPSA) is 15.3 Å². The van der Waals surface area contributed by atoms with E-state index in [2.05, 4.69) is 38.2 Å². The van der Waals surface area contributed by atoms with E-state index in [4.69, 9.17) is 0 Å². The predicted octanol–water partition coefficient (Wildman–Crippen LogP) is 1.67. The highest BCUT2D eigenvalue weighted by atomic mass is 32.2. The Morgan fingerprint density at radius 3 is 2.62 bits per heavy atom. The second kappa shape index (κ2) is 8.85. The van der Waals surface area contributed by atoms with Crippen molar-refractivity contribution in [3.05, 3.63) is 0 Å². The van der Waals surface area contributed by atoms with Gasteiger partial charge < -0.3 is 10.2 Å². The Hall–Kier alpha value is 0.270. The average molecular weight is 204 g/mol. The number of thioether (sulfide) groups is 1. The molecule has 0 amide bonds. The van der Waals surface area contributed by atoms with E-state index in [1.165, 1.54) is 17.9 Å². The number of nitrogens with one attached hydrogen (secondary N) is 1. The molecule has 0 saturated heterocycles. The molecule has 3 heteroatoms. The van der Waals surface area contributed by atoms with Crippen LogP contribution in [0.1, 0.15) is 20.3 Å². The molecule has 0 aliphatic rings. The summed E-state index contributed by atoms with van der Waals surface area (Å²) < 4.78 is 0. The summed E-state index contributed by atoms with van der Waals surface area (Å²) in [6.45, 7) is 6.72. The Labute approximate surface area is 87.5 Å². The van der Waals surface area contributed by atoms with Crippen molar-refractivity contribution in [1.82, 2.24) is 10.2 Å². The molecule has 1 N–H and O–H groups in total. The molecule has 1 unspecified atom stereocenters. The lowest BCUT2D eigenvalue weighted by atomic mass is 10.2. The molecule has 0 aromatic rings. The van der Waals surface area contributed by atoms with Gasteiger partial charge in [0.05, 0.1) is 0 Å². The van der Waals surface area contributed by atoms with Gasteiger partial charge in [-0.2, -0.15) is 11.8 Å². The molecule has 0 radical (unpaired) electrons. The zero-order valence-electron chi connectivity index (χ0n) is 9.47. The van der Waals surface area contributed by atoms with Crippen LogP contribution >= 0.6 is 11.8 Å². The Balaban J connectivity index is 3.15. The molecule has 13 heavy (non-hydrogen) atoms. The van der Waals surface area contributed by atoms with E-state index in [1.54, 1.807) is 0 Å². The molecule has 0 saturated carbocycles. The van der Waals surface area contributed by atoms with Crippen molar-refractivity contribution in [2.75, 3.05) is 38.7 Å². The van der Waals surface area contributed by atoms with E-state index in [0.29, 0.717) is 6.04 Å². The van der Waals surface area contributed by atoms with Gasteiger partial charge in [-0.15, -0.1) is 0 Å². The third-order valence-electron chi connectivity index (χ3n) is 1.95. The molecule has 0 fully saturated rings. The fraction of sp³-hybridized carbons (Fsp3) is 1.00. The minimum atomic E-state index is 0.666. The van der Waals surface area contributed by atoms with Crippen molar-refractivity contribution >= 4 is 11.8 Å². The molecule has 0 heterocycles. The van der Waals surface area contributed by atoms with E-state index >= 15 is 0 Å². The zero-order chi connectivity index (χ0) is 10.1. The van der Waals surface area contributed by atoms with Crippen LogP contribution in [0.5, 0.6) is 0 Å². The Morgan fingerprint density at radius 1 is 1.38 bits per heavy atom. The molecule has 0 bridgehead atoms. The summed E-state index contributed by atoms with van der Waals surface area (Å²) >= 11 is 2.03. The van der Waals surface area contributed by atoms with Crippen LogP contribution in [0.4, 0.5) is 0 Å². The Kier molecular flexibility index (Phi) is 9.03. The minimum absolute atomic E-state index is 0.666. The van der Waals surface area contributed by atoms with Crippen LogP contribution in [0.15, 0.2) is 0 Å². The fourth-order valence-electron chi connectivity index (χ4n) is 1.04. The second-order valence-electron chi connectivity index (χ2n) is 3.64. The third-order valence-corrected chi connectivity index (χ3v) is 2.88. The van der Waals surface area contributed by atoms with Crippen LogP contribution < -0.4 is 5.32 Å². The highest BCUT2D eigenvalue weighted by Crippen LogP contribution is 2.03. The summed E-state index contributed by atoms with van der Waals surface area (Å²) in [7, 11) is 4.22. The number of hydrogen-bond acceptors (Lipinski definition) is 3. The van der Waals surface area contributed by atoms with Gasteiger partial charge in [0.1, 0.15) is 0 Å². The molecule has 0 aromatic carbocycles. The van der Waals surface area contributed by atoms with Crippen molar-refractivity contribution in [2.24, 2.45) is 0 Å². The van der Waals surface area contributed by atoms with Gasteiger partial charge >= 0.3 is 0 Å². The molecule has 0 spiro atoms. The monoisotopic (exact) mass is 204 g/mol. The molecule has 80 valence electrons. The van der Waals surface area contributed by atoms with Crippen LogP contribution in [0, 0.1) is 0 Å². The lowest BCUT2D eigenvalue weighted by molar-refractivity contribution is 0.386. The standard InChI is InChI=1S/C10H24N2S/c1-5-13-9-6-10(2)11-7-8-12(3)4/h10-11H,5-9H2,1-4H3. The second-order valence-corrected chi connectivity index (χ2v) is 5.04. The van der Waals surface area contributed by atoms with Gasteiger partial charge in [0.2, 0.25) is 0 Å². The maximum Gasteiger partial charge on any atom is 0.0101 e. The maximum absolute atomic E-state index is 3.52. The van der Waals surface area contributed by atoms with Crippen LogP contribution in [-0.4, -0.2) is 49.6 Å². The summed E-state index contributed by atoms with van der Waals surface area (Å²) in [6.07, 6.45) is 1.28. The van der Waals surface area contributed by atoms with Crippen molar-refractivity contribution in [3.63, 3.8) is 0 Å². The molecular formula is C10H24N2S. The van der Waals surface area contributed by atoms with Crippen molar-refractivity contribution in [2.45, 2.75) is 26.3 Å². The average Bonchev–Trinajstić information content (AvgIpc) is 2.04. The molecule has 0 aliphatic carbocycles. The van der Waals surface area contributed by atoms with Crippen molar-refractivity contribution in [1.29, 1.82) is 0 Å². The number of nitrogens with zero attached hydrogens (tertiary/aromatic N) is 1. The molecule has 0 aliphatic heterocycles. The van der Waals surface area contributed by atoms with E-state index in [9.17, 15) is 0 Å². The minimum Gasteiger partial charge on any atom is -0.313 e. The first-order valence-corrected chi connectivity index (χ1v) is 6.28. The zero-order valence-corrected chi connectivity index (χ0v) is 10.3. The Morgan fingerprint density at radius 2 is 2.08 bits per heavy atom. The number of hydrogen-bond donors (Lipinski definition) is 1. The third kappa shape index (κ3) is 10.2. The number of rotatable bonds is 8. The van der Waals surface area contributed by atoms with Crippen LogP contribution in [-0.2, 0) is 0 Å². The lowest BCUT2D eigenvalue weighted by Gasteiger charge is -2.15. The fourth-order valence-corrected chi connectivity index (χ4v) is 1.85. The van der Waals surface area contributed by atoms with E-state index in [0.717, 1.165) is 13.1 Å². The molecule has 0 aromatic heterocycles. The molecule has 0 rings (SSSR count). The lowest BCUT2D eigenvalue weighted by Crippen LogP contribution is -2.33. The van der Waals surface area contributed by atoms with E-state index in [1.807, 2.05) is 11.8 Å². The van der Waals surface area contributed by atoms with Gasteiger partial charge in [0.15, 0.2) is 0 Å². The molecular weight excluding hydrogens is 180 g/mol. The highest BCUT2D eigenvalue weighted by Gasteiger charge is 2.00. The summed E-state index contributed by atoms with van der Waals surface area (Å²) in [4.78, 5) is 2.21. The predicted molar refractivity (Wildman–Crippen MR) is 63.6 cm³/mol. The van der Waals surface area contributed by atoms with Gasteiger partial charge in [0, 0.05) is 19.1 Å². The van der Waals surface area contributed by atoms with Gasteiger partial charge in [-0.05, 0) is 38.9 Å². The first-order chi connectivity index (χ1) is 6.16. The largest absolute Gasteiger partial charge is 0.313 e. The van der Waals surface area contributed by atoms with Gasteiger partial charge in [0.25, 0.3) is 0 Å². The first-order valence-electron chi connectivity index (χ1n) is 5.12. The summed E-state index contributed by atoms with van der Waals surface area (Å²) in [5, 5.41) is 3.52.